The maximum absolute atomic E-state index is 11.9. The van der Waals surface area contributed by atoms with Crippen molar-refractivity contribution >= 4 is 5.78 Å². The molecule has 0 heterocycles. The molecule has 0 saturated carbocycles. The van der Waals surface area contributed by atoms with Crippen LogP contribution in [0.1, 0.15) is 90.9 Å². The van der Waals surface area contributed by atoms with E-state index in [4.69, 9.17) is 0 Å². The van der Waals surface area contributed by atoms with Crippen LogP contribution in [0.5, 0.6) is 0 Å². The molecule has 0 saturated heterocycles. The van der Waals surface area contributed by atoms with E-state index in [0.717, 1.165) is 23.9 Å². The number of carbonyl (C=O) groups is 1. The Balaban J connectivity index is 3.27. The number of hydrogen-bond donors (Lipinski definition) is 0. The molecular weight excluding hydrogens is 258 g/mol. The fourth-order valence-electron chi connectivity index (χ4n) is 2.65. The lowest BCUT2D eigenvalue weighted by Crippen LogP contribution is -2.43. The number of rotatable bonds is 15. The van der Waals surface area contributed by atoms with Crippen LogP contribution in [0.3, 0.4) is 0 Å². The molecule has 0 aliphatic carbocycles. The molecule has 2 nitrogen and oxygen atoms in total. The van der Waals surface area contributed by atoms with Gasteiger partial charge >= 0.3 is 0 Å². The van der Waals surface area contributed by atoms with E-state index in [1.807, 2.05) is 0 Å². The minimum absolute atomic E-state index is 0.442. The zero-order valence-corrected chi connectivity index (χ0v) is 15.3. The van der Waals surface area contributed by atoms with Crippen LogP contribution < -0.4 is 0 Å². The molecule has 0 aromatic rings. The van der Waals surface area contributed by atoms with Crippen molar-refractivity contribution < 1.29 is 9.28 Å². The molecule has 2 heteroatoms. The van der Waals surface area contributed by atoms with Crippen LogP contribution in [0, 0.1) is 0 Å². The summed E-state index contributed by atoms with van der Waals surface area (Å²) in [5, 5.41) is 0. The van der Waals surface area contributed by atoms with E-state index in [0.29, 0.717) is 12.3 Å². The number of hydrogen-bond acceptors (Lipinski definition) is 1. The highest BCUT2D eigenvalue weighted by atomic mass is 16.1. The summed E-state index contributed by atoms with van der Waals surface area (Å²) in [7, 11) is 4.27. The Kier molecular flexibility index (Phi) is 13.1. The van der Waals surface area contributed by atoms with Crippen molar-refractivity contribution in [3.05, 3.63) is 0 Å². The van der Waals surface area contributed by atoms with Crippen LogP contribution in [0.25, 0.3) is 0 Å². The van der Waals surface area contributed by atoms with Crippen molar-refractivity contribution in [3.8, 4) is 0 Å². The predicted octanol–water partition coefficient (Wildman–Crippen LogP) is 5.35. The van der Waals surface area contributed by atoms with Crippen molar-refractivity contribution in [2.24, 2.45) is 0 Å². The summed E-state index contributed by atoms with van der Waals surface area (Å²) >= 11 is 0. The first-order valence-corrected chi connectivity index (χ1v) is 9.35. The molecule has 21 heavy (non-hydrogen) atoms. The van der Waals surface area contributed by atoms with E-state index in [9.17, 15) is 4.79 Å². The van der Waals surface area contributed by atoms with Gasteiger partial charge in [-0.15, -0.1) is 0 Å². The molecule has 0 fully saturated rings. The minimum Gasteiger partial charge on any atom is -0.323 e. The van der Waals surface area contributed by atoms with E-state index in [1.165, 1.54) is 64.2 Å². The largest absolute Gasteiger partial charge is 0.323 e. The first-order valence-electron chi connectivity index (χ1n) is 9.35. The number of quaternary nitrogens is 1. The van der Waals surface area contributed by atoms with Crippen molar-refractivity contribution in [1.82, 2.24) is 0 Å². The molecule has 0 radical (unpaired) electrons. The summed E-state index contributed by atoms with van der Waals surface area (Å²) < 4.78 is 0.830. The molecule has 0 unspecified atom stereocenters. The Morgan fingerprint density at radius 1 is 0.714 bits per heavy atom. The summed E-state index contributed by atoms with van der Waals surface area (Å²) in [5.41, 5.74) is 0. The van der Waals surface area contributed by atoms with Crippen molar-refractivity contribution in [2.75, 3.05) is 27.2 Å². The van der Waals surface area contributed by atoms with E-state index in [2.05, 4.69) is 27.9 Å². The molecule has 0 amide bonds. The zero-order chi connectivity index (χ0) is 16.0. The third kappa shape index (κ3) is 14.3. The molecule has 126 valence electrons. The normalized spacial score (nSPS) is 11.8. The van der Waals surface area contributed by atoms with E-state index >= 15 is 0 Å². The number of carbonyl (C=O) groups excluding carboxylic acids is 1. The summed E-state index contributed by atoms with van der Waals surface area (Å²) in [6, 6.07) is 0. The Hall–Kier alpha value is -0.370. The van der Waals surface area contributed by atoms with Crippen LogP contribution in [0.15, 0.2) is 0 Å². The van der Waals surface area contributed by atoms with Gasteiger partial charge in [0.2, 0.25) is 0 Å². The van der Waals surface area contributed by atoms with E-state index in [-0.39, 0.29) is 0 Å². The quantitative estimate of drug-likeness (QED) is 0.294. The highest BCUT2D eigenvalue weighted by Gasteiger charge is 2.16. The lowest BCUT2D eigenvalue weighted by Gasteiger charge is -2.27. The van der Waals surface area contributed by atoms with Crippen LogP contribution in [0.4, 0.5) is 0 Å². The second kappa shape index (κ2) is 13.3. The second-order valence-electron chi connectivity index (χ2n) is 7.23. The van der Waals surface area contributed by atoms with Gasteiger partial charge in [0.15, 0.2) is 5.78 Å². The fourth-order valence-corrected chi connectivity index (χ4v) is 2.65. The standard InChI is InChI=1S/C19H40NO/c1-5-7-8-9-10-11-12-13-14-15-16-17-19(21)18-20(3,4)6-2/h5-18H2,1-4H3/q+1. The Labute approximate surface area is 133 Å². The van der Waals surface area contributed by atoms with Gasteiger partial charge in [0.05, 0.1) is 20.6 Å². The topological polar surface area (TPSA) is 17.1 Å². The second-order valence-corrected chi connectivity index (χ2v) is 7.23. The molecule has 0 rings (SSSR count). The fraction of sp³-hybridized carbons (Fsp3) is 0.947. The Morgan fingerprint density at radius 2 is 1.14 bits per heavy atom. The lowest BCUT2D eigenvalue weighted by molar-refractivity contribution is -0.880. The number of ketones is 1. The van der Waals surface area contributed by atoms with Crippen LogP contribution in [0.2, 0.25) is 0 Å². The summed E-state index contributed by atoms with van der Waals surface area (Å²) in [6.07, 6.45) is 15.6. The predicted molar refractivity (Wildman–Crippen MR) is 93.6 cm³/mol. The van der Waals surface area contributed by atoms with Crippen molar-refractivity contribution in [3.63, 3.8) is 0 Å². The van der Waals surface area contributed by atoms with Crippen LogP contribution >= 0.6 is 0 Å². The van der Waals surface area contributed by atoms with Gasteiger partial charge in [-0.25, -0.2) is 0 Å². The molecule has 0 bridgehead atoms. The van der Waals surface area contributed by atoms with E-state index < -0.39 is 0 Å². The molecule has 0 atom stereocenters. The molecule has 0 aromatic carbocycles. The number of likely N-dealkylation sites (N-methyl/N-ethyl adjacent to an activating group) is 1. The summed E-state index contributed by atoms with van der Waals surface area (Å²) in [5.74, 6) is 0.442. The lowest BCUT2D eigenvalue weighted by atomic mass is 10.0. The smallest absolute Gasteiger partial charge is 0.186 e. The van der Waals surface area contributed by atoms with Gasteiger partial charge < -0.3 is 4.48 Å². The molecule has 0 aliphatic heterocycles. The highest BCUT2D eigenvalue weighted by molar-refractivity contribution is 5.79. The van der Waals surface area contributed by atoms with Crippen molar-refractivity contribution in [2.45, 2.75) is 90.9 Å². The van der Waals surface area contributed by atoms with Crippen LogP contribution in [-0.2, 0) is 4.79 Å². The number of Topliss-reactive ketones (excluding diaryl/α,β-unsaturated/α-hetero) is 1. The maximum Gasteiger partial charge on any atom is 0.186 e. The van der Waals surface area contributed by atoms with E-state index in [1.54, 1.807) is 0 Å². The van der Waals surface area contributed by atoms with Gasteiger partial charge in [0, 0.05) is 6.42 Å². The van der Waals surface area contributed by atoms with Gasteiger partial charge in [-0.1, -0.05) is 71.1 Å². The molecule has 0 spiro atoms. The molecular formula is C19H40NO+. The third-order valence-corrected chi connectivity index (χ3v) is 4.52. The average Bonchev–Trinajstić information content (AvgIpc) is 2.44. The first kappa shape index (κ1) is 20.6. The third-order valence-electron chi connectivity index (χ3n) is 4.52. The minimum atomic E-state index is 0.442. The van der Waals surface area contributed by atoms with Crippen molar-refractivity contribution in [1.29, 1.82) is 0 Å². The monoisotopic (exact) mass is 298 g/mol. The molecule has 0 aliphatic rings. The zero-order valence-electron chi connectivity index (χ0n) is 15.3. The first-order chi connectivity index (χ1) is 10.0. The van der Waals surface area contributed by atoms with Gasteiger partial charge in [-0.05, 0) is 13.3 Å². The molecule has 0 aromatic heterocycles. The van der Waals surface area contributed by atoms with Gasteiger partial charge in [-0.2, -0.15) is 0 Å². The van der Waals surface area contributed by atoms with Gasteiger partial charge in [-0.3, -0.25) is 4.79 Å². The maximum atomic E-state index is 11.9. The van der Waals surface area contributed by atoms with Crippen LogP contribution in [-0.4, -0.2) is 37.5 Å². The average molecular weight is 299 g/mol. The Bertz CT molecular complexity index is 248. The summed E-state index contributed by atoms with van der Waals surface area (Å²) in [4.78, 5) is 11.9. The molecule has 0 N–H and O–H groups in total. The SMILES string of the molecule is CCCCCCCCCCCCCC(=O)C[N+](C)(C)CC. The Morgan fingerprint density at radius 3 is 1.57 bits per heavy atom. The summed E-state index contributed by atoms with van der Waals surface area (Å²) in [6.45, 7) is 6.15. The number of nitrogens with zero attached hydrogens (tertiary/aromatic N) is 1. The number of unbranched alkanes of at least 4 members (excludes halogenated alkanes) is 10. The van der Waals surface area contributed by atoms with Gasteiger partial charge in [0.1, 0.15) is 6.54 Å². The highest BCUT2D eigenvalue weighted by Crippen LogP contribution is 2.12. The van der Waals surface area contributed by atoms with Gasteiger partial charge in [0.25, 0.3) is 0 Å².